The summed E-state index contributed by atoms with van der Waals surface area (Å²) in [5.41, 5.74) is 0.460. The van der Waals surface area contributed by atoms with Gasteiger partial charge in [-0.25, -0.2) is 14.4 Å². The summed E-state index contributed by atoms with van der Waals surface area (Å²) < 4.78 is 13.4. The van der Waals surface area contributed by atoms with Crippen LogP contribution in [0.1, 0.15) is 37.8 Å². The lowest BCUT2D eigenvalue weighted by molar-refractivity contribution is 0.488. The van der Waals surface area contributed by atoms with Gasteiger partial charge in [-0.15, -0.1) is 0 Å². The molecule has 0 aromatic carbocycles. The SMILES string of the molecule is Fc1c(Cl)ncnc1CCC1CCCC1. The van der Waals surface area contributed by atoms with Crippen LogP contribution < -0.4 is 0 Å². The van der Waals surface area contributed by atoms with E-state index in [1.54, 1.807) is 0 Å². The van der Waals surface area contributed by atoms with Crippen molar-refractivity contribution < 1.29 is 4.39 Å². The Balaban J connectivity index is 1.95. The number of nitrogens with zero attached hydrogens (tertiary/aromatic N) is 2. The van der Waals surface area contributed by atoms with Gasteiger partial charge in [-0.05, 0) is 18.8 Å². The largest absolute Gasteiger partial charge is 0.238 e. The van der Waals surface area contributed by atoms with Gasteiger partial charge in [0, 0.05) is 0 Å². The van der Waals surface area contributed by atoms with E-state index < -0.39 is 5.82 Å². The third kappa shape index (κ3) is 2.65. The van der Waals surface area contributed by atoms with Crippen molar-refractivity contribution in [2.24, 2.45) is 5.92 Å². The molecule has 2 rings (SSSR count). The minimum Gasteiger partial charge on any atom is -0.238 e. The molecular weight excluding hydrogens is 215 g/mol. The third-order valence-electron chi connectivity index (χ3n) is 3.08. The number of aromatic nitrogens is 2. The fourth-order valence-electron chi connectivity index (χ4n) is 2.20. The Kier molecular flexibility index (Phi) is 3.52. The van der Waals surface area contributed by atoms with Gasteiger partial charge in [-0.1, -0.05) is 37.3 Å². The Morgan fingerprint density at radius 2 is 2.07 bits per heavy atom. The molecule has 82 valence electrons. The third-order valence-corrected chi connectivity index (χ3v) is 3.35. The Morgan fingerprint density at radius 3 is 2.80 bits per heavy atom. The highest BCUT2D eigenvalue weighted by Gasteiger charge is 2.16. The van der Waals surface area contributed by atoms with Gasteiger partial charge < -0.3 is 0 Å². The van der Waals surface area contributed by atoms with E-state index in [0.717, 1.165) is 12.3 Å². The fourth-order valence-corrected chi connectivity index (χ4v) is 2.35. The van der Waals surface area contributed by atoms with Crippen LogP contribution in [0.4, 0.5) is 4.39 Å². The van der Waals surface area contributed by atoms with Gasteiger partial charge in [0.2, 0.25) is 0 Å². The summed E-state index contributed by atoms with van der Waals surface area (Å²) >= 11 is 5.58. The summed E-state index contributed by atoms with van der Waals surface area (Å²) in [6, 6.07) is 0. The zero-order valence-electron chi connectivity index (χ0n) is 8.55. The summed E-state index contributed by atoms with van der Waals surface area (Å²) in [7, 11) is 0. The molecule has 0 unspecified atom stereocenters. The molecule has 2 nitrogen and oxygen atoms in total. The quantitative estimate of drug-likeness (QED) is 0.742. The minimum absolute atomic E-state index is 0.0635. The van der Waals surface area contributed by atoms with Crippen molar-refractivity contribution >= 4 is 11.6 Å². The van der Waals surface area contributed by atoms with Crippen LogP contribution in [0, 0.1) is 11.7 Å². The zero-order chi connectivity index (χ0) is 10.7. The normalized spacial score (nSPS) is 17.2. The van der Waals surface area contributed by atoms with E-state index in [9.17, 15) is 4.39 Å². The molecule has 1 fully saturated rings. The van der Waals surface area contributed by atoms with Crippen LogP contribution in [0.25, 0.3) is 0 Å². The molecule has 0 saturated heterocycles. The van der Waals surface area contributed by atoms with E-state index in [0.29, 0.717) is 12.1 Å². The number of halogens is 2. The summed E-state index contributed by atoms with van der Waals surface area (Å²) in [5.74, 6) is 0.301. The maximum Gasteiger partial charge on any atom is 0.181 e. The van der Waals surface area contributed by atoms with Crippen molar-refractivity contribution in [1.29, 1.82) is 0 Å². The van der Waals surface area contributed by atoms with Crippen molar-refractivity contribution in [3.05, 3.63) is 23.0 Å². The number of aryl methyl sites for hydroxylation is 1. The Bertz CT molecular complexity index is 337. The lowest BCUT2D eigenvalue weighted by Crippen LogP contribution is -2.02. The molecule has 0 aliphatic heterocycles. The smallest absolute Gasteiger partial charge is 0.181 e. The van der Waals surface area contributed by atoms with E-state index in [2.05, 4.69) is 9.97 Å². The molecule has 0 atom stereocenters. The van der Waals surface area contributed by atoms with Crippen molar-refractivity contribution in [1.82, 2.24) is 9.97 Å². The van der Waals surface area contributed by atoms with Crippen molar-refractivity contribution in [3.8, 4) is 0 Å². The van der Waals surface area contributed by atoms with Crippen LogP contribution in [0.15, 0.2) is 6.33 Å². The Hall–Kier alpha value is -0.700. The maximum absolute atomic E-state index is 13.4. The molecule has 1 aromatic rings. The molecule has 0 radical (unpaired) electrons. The molecule has 4 heteroatoms. The monoisotopic (exact) mass is 228 g/mol. The van der Waals surface area contributed by atoms with Crippen LogP contribution >= 0.6 is 11.6 Å². The molecule has 0 bridgehead atoms. The minimum atomic E-state index is -0.447. The molecular formula is C11H14ClFN2. The summed E-state index contributed by atoms with van der Waals surface area (Å²) in [6.45, 7) is 0. The first-order valence-corrected chi connectivity index (χ1v) is 5.80. The summed E-state index contributed by atoms with van der Waals surface area (Å²) in [5, 5.41) is -0.0635. The first-order valence-electron chi connectivity index (χ1n) is 5.42. The van der Waals surface area contributed by atoms with Crippen LogP contribution in [-0.4, -0.2) is 9.97 Å². The zero-order valence-corrected chi connectivity index (χ0v) is 9.30. The van der Waals surface area contributed by atoms with Crippen molar-refractivity contribution in [3.63, 3.8) is 0 Å². The average Bonchev–Trinajstić information content (AvgIpc) is 2.73. The Morgan fingerprint density at radius 1 is 1.33 bits per heavy atom. The first-order chi connectivity index (χ1) is 7.27. The summed E-state index contributed by atoms with van der Waals surface area (Å²) in [4.78, 5) is 7.53. The molecule has 1 aliphatic carbocycles. The van der Waals surface area contributed by atoms with Gasteiger partial charge in [0.25, 0.3) is 0 Å². The van der Waals surface area contributed by atoms with E-state index >= 15 is 0 Å². The lowest BCUT2D eigenvalue weighted by Gasteiger charge is -2.08. The highest BCUT2D eigenvalue weighted by Crippen LogP contribution is 2.29. The van der Waals surface area contributed by atoms with Gasteiger partial charge in [0.1, 0.15) is 6.33 Å². The second-order valence-electron chi connectivity index (χ2n) is 4.11. The van der Waals surface area contributed by atoms with Gasteiger partial charge >= 0.3 is 0 Å². The lowest BCUT2D eigenvalue weighted by atomic mass is 10.0. The van der Waals surface area contributed by atoms with E-state index in [1.807, 2.05) is 0 Å². The van der Waals surface area contributed by atoms with Crippen LogP contribution in [0.5, 0.6) is 0 Å². The maximum atomic E-state index is 13.4. The first kappa shape index (κ1) is 10.8. The number of rotatable bonds is 3. The molecule has 1 aromatic heterocycles. The van der Waals surface area contributed by atoms with Crippen LogP contribution in [0.2, 0.25) is 5.15 Å². The molecule has 0 spiro atoms. The highest BCUT2D eigenvalue weighted by molar-refractivity contribution is 6.29. The molecule has 1 aliphatic rings. The molecule has 0 amide bonds. The Labute approximate surface area is 93.9 Å². The summed E-state index contributed by atoms with van der Waals surface area (Å²) in [6.07, 6.45) is 8.22. The number of hydrogen-bond donors (Lipinski definition) is 0. The standard InChI is InChI=1S/C11H14ClFN2/c12-11-10(13)9(14-7-15-11)6-5-8-3-1-2-4-8/h7-8H,1-6H2. The van der Waals surface area contributed by atoms with Crippen molar-refractivity contribution in [2.45, 2.75) is 38.5 Å². The van der Waals surface area contributed by atoms with Crippen LogP contribution in [0.3, 0.4) is 0 Å². The molecule has 1 heterocycles. The van der Waals surface area contributed by atoms with E-state index in [4.69, 9.17) is 11.6 Å². The van der Waals surface area contributed by atoms with Gasteiger partial charge in [0.05, 0.1) is 5.69 Å². The average molecular weight is 229 g/mol. The molecule has 0 N–H and O–H groups in total. The predicted octanol–water partition coefficient (Wildman–Crippen LogP) is 3.39. The topological polar surface area (TPSA) is 25.8 Å². The molecule has 1 saturated carbocycles. The molecule has 15 heavy (non-hydrogen) atoms. The van der Waals surface area contributed by atoms with Gasteiger partial charge in [-0.2, -0.15) is 0 Å². The van der Waals surface area contributed by atoms with E-state index in [-0.39, 0.29) is 5.15 Å². The highest BCUT2D eigenvalue weighted by atomic mass is 35.5. The second kappa shape index (κ2) is 4.88. The van der Waals surface area contributed by atoms with E-state index in [1.165, 1.54) is 32.0 Å². The van der Waals surface area contributed by atoms with Gasteiger partial charge in [0.15, 0.2) is 11.0 Å². The second-order valence-corrected chi connectivity index (χ2v) is 4.47. The van der Waals surface area contributed by atoms with Crippen molar-refractivity contribution in [2.75, 3.05) is 0 Å². The van der Waals surface area contributed by atoms with Crippen LogP contribution in [-0.2, 0) is 6.42 Å². The predicted molar refractivity (Wildman–Crippen MR) is 57.3 cm³/mol. The van der Waals surface area contributed by atoms with Gasteiger partial charge in [-0.3, -0.25) is 0 Å². The fraction of sp³-hybridized carbons (Fsp3) is 0.636. The number of hydrogen-bond acceptors (Lipinski definition) is 2.